The highest BCUT2D eigenvalue weighted by Crippen LogP contribution is 2.21. The number of hydrogen-bond acceptors (Lipinski definition) is 3. The van der Waals surface area contributed by atoms with E-state index in [4.69, 9.17) is 4.74 Å². The minimum Gasteiger partial charge on any atom is -0.496 e. The molecule has 2 aromatic rings. The second-order valence-electron chi connectivity index (χ2n) is 5.08. The van der Waals surface area contributed by atoms with Gasteiger partial charge in [-0.2, -0.15) is 5.10 Å². The molecular weight excluding hydrogens is 252 g/mol. The van der Waals surface area contributed by atoms with Crippen molar-refractivity contribution >= 4 is 5.78 Å². The Kier molecular flexibility index (Phi) is 3.93. The van der Waals surface area contributed by atoms with E-state index in [1.807, 2.05) is 45.9 Å². The topological polar surface area (TPSA) is 44.1 Å². The monoisotopic (exact) mass is 272 g/mol. The lowest BCUT2D eigenvalue weighted by atomic mass is 10.1. The van der Waals surface area contributed by atoms with Crippen LogP contribution in [0.3, 0.4) is 0 Å². The van der Waals surface area contributed by atoms with Gasteiger partial charge in [-0.1, -0.05) is 6.07 Å². The van der Waals surface area contributed by atoms with Gasteiger partial charge < -0.3 is 4.74 Å². The number of ether oxygens (including phenoxy) is 1. The lowest BCUT2D eigenvalue weighted by molar-refractivity contribution is 0.0963. The van der Waals surface area contributed by atoms with Crippen LogP contribution in [0.2, 0.25) is 0 Å². The van der Waals surface area contributed by atoms with Crippen LogP contribution >= 0.6 is 0 Å². The lowest BCUT2D eigenvalue weighted by Gasteiger charge is -2.09. The van der Waals surface area contributed by atoms with Gasteiger partial charge in [0.1, 0.15) is 12.3 Å². The number of methoxy groups -OCH3 is 1. The predicted octanol–water partition coefficient (Wildman–Crippen LogP) is 3.01. The minimum absolute atomic E-state index is 0.00690. The molecule has 1 heterocycles. The number of carbonyl (C=O) groups is 1. The van der Waals surface area contributed by atoms with E-state index in [1.165, 1.54) is 0 Å². The molecule has 1 aromatic heterocycles. The normalized spacial score (nSPS) is 10.7. The van der Waals surface area contributed by atoms with Crippen LogP contribution in [0.1, 0.15) is 32.9 Å². The van der Waals surface area contributed by atoms with Gasteiger partial charge in [0.25, 0.3) is 0 Å². The highest BCUT2D eigenvalue weighted by molar-refractivity contribution is 5.98. The Hall–Kier alpha value is -2.10. The van der Waals surface area contributed by atoms with Crippen LogP contribution in [0.5, 0.6) is 5.75 Å². The number of aromatic nitrogens is 2. The van der Waals surface area contributed by atoms with Gasteiger partial charge in [-0.3, -0.25) is 9.48 Å². The molecule has 0 aliphatic heterocycles. The summed E-state index contributed by atoms with van der Waals surface area (Å²) in [4.78, 5) is 12.4. The number of benzene rings is 1. The van der Waals surface area contributed by atoms with E-state index in [2.05, 4.69) is 5.10 Å². The van der Waals surface area contributed by atoms with Crippen LogP contribution in [0.25, 0.3) is 0 Å². The maximum Gasteiger partial charge on any atom is 0.187 e. The van der Waals surface area contributed by atoms with E-state index in [9.17, 15) is 4.79 Å². The summed E-state index contributed by atoms with van der Waals surface area (Å²) in [5.41, 5.74) is 4.80. The van der Waals surface area contributed by atoms with Gasteiger partial charge >= 0.3 is 0 Å². The number of aryl methyl sites for hydroxylation is 2. The second kappa shape index (κ2) is 5.49. The Labute approximate surface area is 119 Å². The van der Waals surface area contributed by atoms with Crippen LogP contribution in [-0.4, -0.2) is 22.7 Å². The quantitative estimate of drug-likeness (QED) is 0.804. The third kappa shape index (κ3) is 2.59. The number of ketones is 1. The van der Waals surface area contributed by atoms with Gasteiger partial charge in [0.2, 0.25) is 0 Å². The SMILES string of the molecule is COc1cc(C)ccc1C(=O)Cn1nc(C)c(C)c1C. The number of hydrogen-bond donors (Lipinski definition) is 0. The molecule has 0 saturated carbocycles. The molecule has 0 bridgehead atoms. The van der Waals surface area contributed by atoms with Crippen molar-refractivity contribution in [3.05, 3.63) is 46.3 Å². The Morgan fingerprint density at radius 2 is 1.95 bits per heavy atom. The average Bonchev–Trinajstić information content (AvgIpc) is 2.66. The Balaban J connectivity index is 2.30. The van der Waals surface area contributed by atoms with E-state index < -0.39 is 0 Å². The van der Waals surface area contributed by atoms with Crippen LogP contribution in [0, 0.1) is 27.7 Å². The molecule has 0 aliphatic rings. The zero-order chi connectivity index (χ0) is 14.9. The van der Waals surface area contributed by atoms with Crippen molar-refractivity contribution in [3.63, 3.8) is 0 Å². The molecule has 0 amide bonds. The van der Waals surface area contributed by atoms with Crippen molar-refractivity contribution in [2.45, 2.75) is 34.2 Å². The van der Waals surface area contributed by atoms with Crippen molar-refractivity contribution in [3.8, 4) is 5.75 Å². The van der Waals surface area contributed by atoms with Crippen molar-refractivity contribution in [2.75, 3.05) is 7.11 Å². The average molecular weight is 272 g/mol. The molecule has 0 atom stereocenters. The molecule has 0 unspecified atom stereocenters. The molecule has 0 saturated heterocycles. The predicted molar refractivity (Wildman–Crippen MR) is 78.5 cm³/mol. The smallest absolute Gasteiger partial charge is 0.187 e. The first-order chi connectivity index (χ1) is 9.43. The fourth-order valence-electron chi connectivity index (χ4n) is 2.19. The molecule has 0 aliphatic carbocycles. The summed E-state index contributed by atoms with van der Waals surface area (Å²) < 4.78 is 7.05. The number of carbonyl (C=O) groups excluding carboxylic acids is 1. The number of rotatable bonds is 4. The van der Waals surface area contributed by atoms with Crippen molar-refractivity contribution in [1.29, 1.82) is 0 Å². The minimum atomic E-state index is 0.00690. The van der Waals surface area contributed by atoms with Gasteiger partial charge in [-0.05, 0) is 51.0 Å². The highest BCUT2D eigenvalue weighted by Gasteiger charge is 2.15. The lowest BCUT2D eigenvalue weighted by Crippen LogP contribution is -2.14. The maximum absolute atomic E-state index is 12.4. The standard InChI is InChI=1S/C16H20N2O2/c1-10-6-7-14(16(8-10)20-5)15(19)9-18-13(4)11(2)12(3)17-18/h6-8H,9H2,1-5H3. The van der Waals surface area contributed by atoms with Crippen LogP contribution in [-0.2, 0) is 6.54 Å². The summed E-state index contributed by atoms with van der Waals surface area (Å²) in [7, 11) is 1.58. The summed E-state index contributed by atoms with van der Waals surface area (Å²) in [5.74, 6) is 0.626. The van der Waals surface area contributed by atoms with E-state index in [-0.39, 0.29) is 12.3 Å². The molecule has 4 heteroatoms. The maximum atomic E-state index is 12.4. The second-order valence-corrected chi connectivity index (χ2v) is 5.08. The fourth-order valence-corrected chi connectivity index (χ4v) is 2.19. The van der Waals surface area contributed by atoms with E-state index in [0.717, 1.165) is 22.5 Å². The van der Waals surface area contributed by atoms with Crippen molar-refractivity contribution < 1.29 is 9.53 Å². The Bertz CT molecular complexity index is 657. The van der Waals surface area contributed by atoms with Gasteiger partial charge in [0.05, 0.1) is 18.4 Å². The molecule has 2 rings (SSSR count). The van der Waals surface area contributed by atoms with E-state index in [0.29, 0.717) is 11.3 Å². The zero-order valence-electron chi connectivity index (χ0n) is 12.7. The van der Waals surface area contributed by atoms with Crippen LogP contribution in [0.4, 0.5) is 0 Å². The van der Waals surface area contributed by atoms with E-state index in [1.54, 1.807) is 11.8 Å². The summed E-state index contributed by atoms with van der Waals surface area (Å²) in [6.45, 7) is 8.16. The molecule has 4 nitrogen and oxygen atoms in total. The summed E-state index contributed by atoms with van der Waals surface area (Å²) >= 11 is 0. The Morgan fingerprint density at radius 3 is 2.50 bits per heavy atom. The first kappa shape index (κ1) is 14.3. The third-order valence-electron chi connectivity index (χ3n) is 3.69. The van der Waals surface area contributed by atoms with Crippen molar-refractivity contribution in [1.82, 2.24) is 9.78 Å². The Morgan fingerprint density at radius 1 is 1.25 bits per heavy atom. The van der Waals surface area contributed by atoms with Gasteiger partial charge in [-0.15, -0.1) is 0 Å². The first-order valence-corrected chi connectivity index (χ1v) is 6.62. The first-order valence-electron chi connectivity index (χ1n) is 6.62. The summed E-state index contributed by atoms with van der Waals surface area (Å²) in [5, 5.41) is 4.40. The zero-order valence-corrected chi connectivity index (χ0v) is 12.7. The molecule has 1 aromatic carbocycles. The van der Waals surface area contributed by atoms with Crippen molar-refractivity contribution in [2.24, 2.45) is 0 Å². The summed E-state index contributed by atoms with van der Waals surface area (Å²) in [6, 6.07) is 5.61. The highest BCUT2D eigenvalue weighted by atomic mass is 16.5. The largest absolute Gasteiger partial charge is 0.496 e. The third-order valence-corrected chi connectivity index (χ3v) is 3.69. The van der Waals surface area contributed by atoms with Crippen LogP contribution in [0.15, 0.2) is 18.2 Å². The molecule has 0 fully saturated rings. The molecule has 106 valence electrons. The molecule has 20 heavy (non-hydrogen) atoms. The van der Waals surface area contributed by atoms with Gasteiger partial charge in [0, 0.05) is 5.69 Å². The molecule has 0 spiro atoms. The molecule has 0 radical (unpaired) electrons. The number of Topliss-reactive ketones (excluding diaryl/α,β-unsaturated/α-hetero) is 1. The van der Waals surface area contributed by atoms with Gasteiger partial charge in [-0.25, -0.2) is 0 Å². The van der Waals surface area contributed by atoms with Gasteiger partial charge in [0.15, 0.2) is 5.78 Å². The van der Waals surface area contributed by atoms with E-state index >= 15 is 0 Å². The molecular formula is C16H20N2O2. The number of nitrogens with zero attached hydrogens (tertiary/aromatic N) is 2. The van der Waals surface area contributed by atoms with Crippen LogP contribution < -0.4 is 4.74 Å². The summed E-state index contributed by atoms with van der Waals surface area (Å²) in [6.07, 6.45) is 0. The fraction of sp³-hybridized carbons (Fsp3) is 0.375. The molecule has 0 N–H and O–H groups in total.